The van der Waals surface area contributed by atoms with Gasteiger partial charge >= 0.3 is 0 Å². The summed E-state index contributed by atoms with van der Waals surface area (Å²) >= 11 is 0. The molecule has 1 nitrogen and oxygen atoms in total. The molecule has 14 heavy (non-hydrogen) atoms. The maximum absolute atomic E-state index is 5.93. The fourth-order valence-electron chi connectivity index (χ4n) is 0.650. The Labute approximate surface area is 89.7 Å². The number of hydrogen-bond acceptors (Lipinski definition) is 1. The Morgan fingerprint density at radius 1 is 1.43 bits per heavy atom. The summed E-state index contributed by atoms with van der Waals surface area (Å²) in [4.78, 5) is 0. The third-order valence-electron chi connectivity index (χ3n) is 2.87. The SMILES string of the molecule is C#C/C(C)=C/CO[Si](C)(C)C(C)(C)C. The van der Waals surface area contributed by atoms with Gasteiger partial charge in [0.2, 0.25) is 0 Å². The van der Waals surface area contributed by atoms with Crippen LogP contribution < -0.4 is 0 Å². The second-order valence-electron chi connectivity index (χ2n) is 5.10. The zero-order chi connectivity index (χ0) is 11.4. The standard InChI is InChI=1S/C12H22OSi/c1-8-11(2)9-10-13-14(6,7)12(3,4)5/h1,9H,10H2,2-7H3/b11-9+. The number of hydrogen-bond donors (Lipinski definition) is 0. The van der Waals surface area contributed by atoms with Gasteiger partial charge in [0.05, 0.1) is 6.61 Å². The number of terminal acetylenes is 1. The van der Waals surface area contributed by atoms with Crippen LogP contribution in [0.5, 0.6) is 0 Å². The molecule has 0 aromatic carbocycles. The van der Waals surface area contributed by atoms with Gasteiger partial charge in [0, 0.05) is 0 Å². The lowest BCUT2D eigenvalue weighted by Crippen LogP contribution is -2.40. The van der Waals surface area contributed by atoms with Crippen molar-refractivity contribution < 1.29 is 4.43 Å². The first-order valence-electron chi connectivity index (χ1n) is 4.98. The first kappa shape index (κ1) is 13.5. The average Bonchev–Trinajstić information content (AvgIpc) is 2.01. The van der Waals surface area contributed by atoms with E-state index in [1.165, 1.54) is 0 Å². The van der Waals surface area contributed by atoms with Crippen LogP contribution in [0.25, 0.3) is 0 Å². The zero-order valence-electron chi connectivity index (χ0n) is 10.3. The van der Waals surface area contributed by atoms with Crippen LogP contribution in [-0.4, -0.2) is 14.9 Å². The molecule has 0 amide bonds. The first-order chi connectivity index (χ1) is 6.20. The molecule has 0 heterocycles. The molecule has 0 aliphatic rings. The quantitative estimate of drug-likeness (QED) is 0.511. The Hall–Kier alpha value is -0.523. The highest BCUT2D eigenvalue weighted by molar-refractivity contribution is 6.74. The lowest BCUT2D eigenvalue weighted by Gasteiger charge is -2.35. The third kappa shape index (κ3) is 4.12. The summed E-state index contributed by atoms with van der Waals surface area (Å²) in [6.45, 7) is 13.8. The molecule has 2 heteroatoms. The molecule has 0 saturated carbocycles. The maximum atomic E-state index is 5.93. The summed E-state index contributed by atoms with van der Waals surface area (Å²) in [6.07, 6.45) is 7.22. The van der Waals surface area contributed by atoms with Crippen LogP contribution in [0.3, 0.4) is 0 Å². The minimum atomic E-state index is -1.60. The number of allylic oxidation sites excluding steroid dienone is 1. The average molecular weight is 210 g/mol. The molecule has 0 unspecified atom stereocenters. The number of rotatable bonds is 3. The summed E-state index contributed by atoms with van der Waals surface area (Å²) < 4.78 is 5.93. The molecular formula is C12H22OSi. The van der Waals surface area contributed by atoms with Crippen molar-refractivity contribution in [2.75, 3.05) is 6.61 Å². The minimum Gasteiger partial charge on any atom is -0.413 e. The van der Waals surface area contributed by atoms with Gasteiger partial charge in [-0.1, -0.05) is 26.7 Å². The summed E-state index contributed by atoms with van der Waals surface area (Å²) in [5.74, 6) is 2.59. The molecule has 0 radical (unpaired) electrons. The molecule has 0 aliphatic carbocycles. The minimum absolute atomic E-state index is 0.269. The highest BCUT2D eigenvalue weighted by Crippen LogP contribution is 2.36. The van der Waals surface area contributed by atoms with E-state index in [-0.39, 0.29) is 5.04 Å². The molecule has 0 saturated heterocycles. The van der Waals surface area contributed by atoms with Crippen LogP contribution in [-0.2, 0) is 4.43 Å². The predicted octanol–water partition coefficient (Wildman–Crippen LogP) is 3.59. The molecule has 0 fully saturated rings. The van der Waals surface area contributed by atoms with Gasteiger partial charge in [-0.3, -0.25) is 0 Å². The normalized spacial score (nSPS) is 13.9. The maximum Gasteiger partial charge on any atom is 0.192 e. The van der Waals surface area contributed by atoms with Crippen LogP contribution in [0.15, 0.2) is 11.6 Å². The fourth-order valence-corrected chi connectivity index (χ4v) is 1.58. The van der Waals surface area contributed by atoms with Crippen LogP contribution in [0.2, 0.25) is 18.1 Å². The highest BCUT2D eigenvalue weighted by atomic mass is 28.4. The van der Waals surface area contributed by atoms with Gasteiger partial charge in [0.15, 0.2) is 8.32 Å². The molecule has 0 atom stereocenters. The van der Waals surface area contributed by atoms with Crippen LogP contribution in [0, 0.1) is 12.3 Å². The molecule has 0 N–H and O–H groups in total. The van der Waals surface area contributed by atoms with Gasteiger partial charge in [0.25, 0.3) is 0 Å². The van der Waals surface area contributed by atoms with Crippen molar-refractivity contribution in [1.29, 1.82) is 0 Å². The molecule has 80 valence electrons. The van der Waals surface area contributed by atoms with Crippen LogP contribution >= 0.6 is 0 Å². The molecule has 0 rings (SSSR count). The zero-order valence-corrected chi connectivity index (χ0v) is 11.3. The van der Waals surface area contributed by atoms with Crippen molar-refractivity contribution in [2.45, 2.75) is 45.8 Å². The van der Waals surface area contributed by atoms with Crippen molar-refractivity contribution in [3.05, 3.63) is 11.6 Å². The second kappa shape index (κ2) is 4.81. The van der Waals surface area contributed by atoms with E-state index in [0.717, 1.165) is 5.57 Å². The Balaban J connectivity index is 4.22. The van der Waals surface area contributed by atoms with E-state index in [2.05, 4.69) is 39.8 Å². The van der Waals surface area contributed by atoms with Gasteiger partial charge in [0.1, 0.15) is 0 Å². The van der Waals surface area contributed by atoms with E-state index in [1.807, 2.05) is 13.0 Å². The largest absolute Gasteiger partial charge is 0.413 e. The lowest BCUT2D eigenvalue weighted by atomic mass is 10.2. The molecular weight excluding hydrogens is 188 g/mol. The van der Waals surface area contributed by atoms with Crippen molar-refractivity contribution in [3.63, 3.8) is 0 Å². The molecule has 0 spiro atoms. The van der Waals surface area contributed by atoms with Crippen molar-refractivity contribution >= 4 is 8.32 Å². The second-order valence-corrected chi connectivity index (χ2v) is 9.91. The Bertz CT molecular complexity index is 250. The van der Waals surface area contributed by atoms with Crippen molar-refractivity contribution in [2.24, 2.45) is 0 Å². The topological polar surface area (TPSA) is 9.23 Å². The third-order valence-corrected chi connectivity index (χ3v) is 7.37. The monoisotopic (exact) mass is 210 g/mol. The van der Waals surface area contributed by atoms with Gasteiger partial charge in [-0.15, -0.1) is 6.42 Å². The summed E-state index contributed by atoms with van der Waals surface area (Å²) in [5.41, 5.74) is 0.948. The first-order valence-corrected chi connectivity index (χ1v) is 7.89. The van der Waals surface area contributed by atoms with Gasteiger partial charge < -0.3 is 4.43 Å². The fraction of sp³-hybridized carbons (Fsp3) is 0.667. The van der Waals surface area contributed by atoms with Crippen molar-refractivity contribution in [3.8, 4) is 12.3 Å². The Kier molecular flexibility index (Phi) is 4.63. The van der Waals surface area contributed by atoms with E-state index < -0.39 is 8.32 Å². The lowest BCUT2D eigenvalue weighted by molar-refractivity contribution is 0.327. The van der Waals surface area contributed by atoms with E-state index >= 15 is 0 Å². The molecule has 0 bridgehead atoms. The summed E-state index contributed by atoms with van der Waals surface area (Å²) in [6, 6.07) is 0. The predicted molar refractivity (Wildman–Crippen MR) is 65.7 cm³/mol. The summed E-state index contributed by atoms with van der Waals surface area (Å²) in [5, 5.41) is 0.269. The highest BCUT2D eigenvalue weighted by Gasteiger charge is 2.36. The Morgan fingerprint density at radius 3 is 2.29 bits per heavy atom. The van der Waals surface area contributed by atoms with Crippen molar-refractivity contribution in [1.82, 2.24) is 0 Å². The van der Waals surface area contributed by atoms with E-state index in [4.69, 9.17) is 10.8 Å². The smallest absolute Gasteiger partial charge is 0.192 e. The van der Waals surface area contributed by atoms with E-state index in [1.54, 1.807) is 0 Å². The van der Waals surface area contributed by atoms with E-state index in [9.17, 15) is 0 Å². The molecule has 0 aliphatic heterocycles. The summed E-state index contributed by atoms with van der Waals surface area (Å²) in [7, 11) is -1.60. The van der Waals surface area contributed by atoms with Gasteiger partial charge in [-0.05, 0) is 36.7 Å². The van der Waals surface area contributed by atoms with Gasteiger partial charge in [-0.2, -0.15) is 0 Å². The molecule has 0 aromatic heterocycles. The molecule has 0 aromatic rings. The van der Waals surface area contributed by atoms with Crippen LogP contribution in [0.1, 0.15) is 27.7 Å². The van der Waals surface area contributed by atoms with E-state index in [0.29, 0.717) is 6.61 Å². The van der Waals surface area contributed by atoms with Crippen LogP contribution in [0.4, 0.5) is 0 Å². The van der Waals surface area contributed by atoms with Gasteiger partial charge in [-0.25, -0.2) is 0 Å². The Morgan fingerprint density at radius 2 is 1.93 bits per heavy atom.